The number of nitrogens with zero attached hydrogens (tertiary/aromatic N) is 2. The van der Waals surface area contributed by atoms with Crippen LogP contribution in [-0.2, 0) is 14.8 Å². The Morgan fingerprint density at radius 2 is 1.87 bits per heavy atom. The molecule has 1 aromatic carbocycles. The molecule has 0 aliphatic heterocycles. The highest BCUT2D eigenvalue weighted by Gasteiger charge is 2.23. The van der Waals surface area contributed by atoms with Crippen LogP contribution in [0.25, 0.3) is 11.0 Å². The number of halogens is 1. The van der Waals surface area contributed by atoms with E-state index in [2.05, 4.69) is 9.72 Å². The number of rotatable bonds is 3. The van der Waals surface area contributed by atoms with E-state index in [1.807, 2.05) is 22.6 Å². The molecule has 0 spiro atoms. The number of hydrogen-bond acceptors (Lipinski definition) is 5. The number of ether oxygens (including phenoxy) is 1. The van der Waals surface area contributed by atoms with E-state index in [0.29, 0.717) is 14.7 Å². The molecule has 2 aromatic heterocycles. The third-order valence-corrected chi connectivity index (χ3v) is 6.11. The number of hydrogen-bond donors (Lipinski definition) is 0. The molecule has 0 atom stereocenters. The van der Waals surface area contributed by atoms with E-state index < -0.39 is 16.0 Å². The standard InChI is InChI=1S/C15H11IN2O4S/c1-22-15(19)11-7-8-13-12(17-11)9-14(16)18(13)23(20,21)10-5-3-2-4-6-10/h2-9H,1H3. The van der Waals surface area contributed by atoms with Crippen molar-refractivity contribution in [1.82, 2.24) is 8.96 Å². The monoisotopic (exact) mass is 442 g/mol. The minimum absolute atomic E-state index is 0.130. The normalized spacial score (nSPS) is 11.6. The van der Waals surface area contributed by atoms with Crippen LogP contribution in [0, 0.1) is 3.70 Å². The first-order chi connectivity index (χ1) is 10.9. The molecule has 0 aliphatic rings. The molecule has 0 radical (unpaired) electrons. The highest BCUT2D eigenvalue weighted by Crippen LogP contribution is 2.26. The Bertz CT molecular complexity index is 997. The van der Waals surface area contributed by atoms with Gasteiger partial charge in [-0.15, -0.1) is 0 Å². The van der Waals surface area contributed by atoms with Gasteiger partial charge in [0.15, 0.2) is 0 Å². The van der Waals surface area contributed by atoms with Gasteiger partial charge >= 0.3 is 5.97 Å². The molecule has 6 nitrogen and oxygen atoms in total. The number of aromatic nitrogens is 2. The van der Waals surface area contributed by atoms with Crippen molar-refractivity contribution in [2.24, 2.45) is 0 Å². The number of benzene rings is 1. The fraction of sp³-hybridized carbons (Fsp3) is 0.0667. The average molecular weight is 442 g/mol. The van der Waals surface area contributed by atoms with Gasteiger partial charge < -0.3 is 4.74 Å². The van der Waals surface area contributed by atoms with Crippen molar-refractivity contribution < 1.29 is 17.9 Å². The quantitative estimate of drug-likeness (QED) is 0.461. The molecule has 0 fully saturated rings. The topological polar surface area (TPSA) is 78.3 Å². The van der Waals surface area contributed by atoms with Crippen molar-refractivity contribution in [3.8, 4) is 0 Å². The minimum atomic E-state index is -3.74. The minimum Gasteiger partial charge on any atom is -0.464 e. The van der Waals surface area contributed by atoms with Crippen LogP contribution in [0.5, 0.6) is 0 Å². The molecule has 0 bridgehead atoms. The molecule has 8 heteroatoms. The van der Waals surface area contributed by atoms with Crippen LogP contribution in [0.3, 0.4) is 0 Å². The summed E-state index contributed by atoms with van der Waals surface area (Å²) in [4.78, 5) is 15.9. The lowest BCUT2D eigenvalue weighted by molar-refractivity contribution is 0.0594. The van der Waals surface area contributed by atoms with Crippen LogP contribution in [0.2, 0.25) is 0 Å². The summed E-state index contributed by atoms with van der Waals surface area (Å²) < 4.78 is 32.0. The molecular formula is C15H11IN2O4S. The maximum Gasteiger partial charge on any atom is 0.356 e. The lowest BCUT2D eigenvalue weighted by Crippen LogP contribution is -2.14. The van der Waals surface area contributed by atoms with Gasteiger partial charge in [0.1, 0.15) is 5.69 Å². The SMILES string of the molecule is COC(=O)c1ccc2c(cc(I)n2S(=O)(=O)c2ccccc2)n1. The molecule has 23 heavy (non-hydrogen) atoms. The van der Waals surface area contributed by atoms with Crippen LogP contribution in [0.4, 0.5) is 0 Å². The Labute approximate surface area is 146 Å². The molecular weight excluding hydrogens is 431 g/mol. The second-order valence-corrected chi connectivity index (χ2v) is 7.53. The zero-order chi connectivity index (χ0) is 16.6. The van der Waals surface area contributed by atoms with E-state index in [4.69, 9.17) is 0 Å². The van der Waals surface area contributed by atoms with E-state index >= 15 is 0 Å². The van der Waals surface area contributed by atoms with Crippen molar-refractivity contribution in [1.29, 1.82) is 0 Å². The van der Waals surface area contributed by atoms with Crippen molar-refractivity contribution in [3.05, 3.63) is 57.9 Å². The number of carbonyl (C=O) groups is 1. The summed E-state index contributed by atoms with van der Waals surface area (Å²) in [5.74, 6) is -0.569. The summed E-state index contributed by atoms with van der Waals surface area (Å²) in [7, 11) is -2.47. The van der Waals surface area contributed by atoms with Crippen molar-refractivity contribution >= 4 is 49.6 Å². The first-order valence-corrected chi connectivity index (χ1v) is 9.04. The van der Waals surface area contributed by atoms with Gasteiger partial charge in [-0.25, -0.2) is 22.2 Å². The Balaban J connectivity index is 2.23. The molecule has 0 amide bonds. The smallest absolute Gasteiger partial charge is 0.356 e. The third kappa shape index (κ3) is 2.72. The average Bonchev–Trinajstić information content (AvgIpc) is 2.90. The lowest BCUT2D eigenvalue weighted by Gasteiger charge is -2.09. The summed E-state index contributed by atoms with van der Waals surface area (Å²) in [6.07, 6.45) is 0. The summed E-state index contributed by atoms with van der Waals surface area (Å²) in [6, 6.07) is 12.8. The van der Waals surface area contributed by atoms with Gasteiger partial charge in [0.2, 0.25) is 0 Å². The maximum absolute atomic E-state index is 12.8. The Hall–Kier alpha value is -1.94. The fourth-order valence-corrected chi connectivity index (χ4v) is 4.93. The Morgan fingerprint density at radius 3 is 2.52 bits per heavy atom. The number of pyridine rings is 1. The van der Waals surface area contributed by atoms with Gasteiger partial charge in [0.05, 0.1) is 26.7 Å². The molecule has 0 aliphatic carbocycles. The number of fused-ring (bicyclic) bond motifs is 1. The zero-order valence-corrected chi connectivity index (χ0v) is 14.9. The van der Waals surface area contributed by atoms with Crippen molar-refractivity contribution in [2.75, 3.05) is 7.11 Å². The molecule has 0 N–H and O–H groups in total. The molecule has 118 valence electrons. The van der Waals surface area contributed by atoms with Gasteiger partial charge in [-0.3, -0.25) is 0 Å². The summed E-state index contributed by atoms with van der Waals surface area (Å²) >= 11 is 1.93. The van der Waals surface area contributed by atoms with E-state index in [-0.39, 0.29) is 10.6 Å². The second kappa shape index (κ2) is 5.93. The third-order valence-electron chi connectivity index (χ3n) is 3.25. The summed E-state index contributed by atoms with van der Waals surface area (Å²) in [5, 5.41) is 0. The van der Waals surface area contributed by atoms with Crippen LogP contribution in [-0.4, -0.2) is 30.5 Å². The molecule has 0 saturated heterocycles. The van der Waals surface area contributed by atoms with Crippen LogP contribution in [0.15, 0.2) is 53.4 Å². The van der Waals surface area contributed by atoms with Crippen LogP contribution >= 0.6 is 22.6 Å². The molecule has 0 saturated carbocycles. The van der Waals surface area contributed by atoms with Gasteiger partial charge in [0, 0.05) is 0 Å². The molecule has 3 rings (SSSR count). The number of esters is 1. The van der Waals surface area contributed by atoms with Gasteiger partial charge in [-0.2, -0.15) is 0 Å². The van der Waals surface area contributed by atoms with Crippen LogP contribution < -0.4 is 0 Å². The summed E-state index contributed by atoms with van der Waals surface area (Å²) in [6.45, 7) is 0. The van der Waals surface area contributed by atoms with Crippen LogP contribution in [0.1, 0.15) is 10.5 Å². The number of carbonyl (C=O) groups excluding carboxylic acids is 1. The zero-order valence-electron chi connectivity index (χ0n) is 11.9. The van der Waals surface area contributed by atoms with Crippen molar-refractivity contribution in [3.63, 3.8) is 0 Å². The molecule has 2 heterocycles. The summed E-state index contributed by atoms with van der Waals surface area (Å²) in [5.41, 5.74) is 0.952. The molecule has 3 aromatic rings. The largest absolute Gasteiger partial charge is 0.464 e. The second-order valence-electron chi connectivity index (χ2n) is 4.64. The molecule has 0 unspecified atom stereocenters. The van der Waals surface area contributed by atoms with Gasteiger partial charge in [-0.05, 0) is 52.9 Å². The fourth-order valence-electron chi connectivity index (χ4n) is 2.19. The van der Waals surface area contributed by atoms with E-state index in [1.54, 1.807) is 30.3 Å². The number of methoxy groups -OCH3 is 1. The first-order valence-electron chi connectivity index (χ1n) is 6.52. The predicted octanol–water partition coefficient (Wildman–Crippen LogP) is 2.66. The lowest BCUT2D eigenvalue weighted by atomic mass is 10.3. The van der Waals surface area contributed by atoms with Gasteiger partial charge in [0.25, 0.3) is 10.0 Å². The Morgan fingerprint density at radius 1 is 1.17 bits per heavy atom. The first kappa shape index (κ1) is 15.9. The predicted molar refractivity (Wildman–Crippen MR) is 92.8 cm³/mol. The van der Waals surface area contributed by atoms with E-state index in [1.165, 1.54) is 29.3 Å². The Kier molecular flexibility index (Phi) is 4.11. The van der Waals surface area contributed by atoms with E-state index in [9.17, 15) is 13.2 Å². The van der Waals surface area contributed by atoms with Crippen molar-refractivity contribution in [2.45, 2.75) is 4.90 Å². The highest BCUT2D eigenvalue weighted by atomic mass is 127. The van der Waals surface area contributed by atoms with E-state index in [0.717, 1.165) is 0 Å². The highest BCUT2D eigenvalue weighted by molar-refractivity contribution is 14.1. The maximum atomic E-state index is 12.8. The van der Waals surface area contributed by atoms with Gasteiger partial charge in [-0.1, -0.05) is 18.2 Å².